The molecule has 6 aromatic carbocycles. The monoisotopic (exact) mass is 580 g/mol. The molecule has 7 aromatic rings. The second-order valence-corrected chi connectivity index (χ2v) is 16.4. The third-order valence-corrected chi connectivity index (χ3v) is 12.6. The molecule has 0 aliphatic carbocycles. The predicted molar refractivity (Wildman–Crippen MR) is 189 cm³/mol. The number of nitrogens with zero attached hydrogens (tertiary/aromatic N) is 2. The molecule has 2 nitrogen and oxygen atoms in total. The van der Waals surface area contributed by atoms with E-state index in [0.717, 1.165) is 16.9 Å². The van der Waals surface area contributed by atoms with Crippen LogP contribution in [0.15, 0.2) is 158 Å². The van der Waals surface area contributed by atoms with Gasteiger partial charge in [-0.25, -0.2) is 0 Å². The summed E-state index contributed by atoms with van der Waals surface area (Å²) in [6.07, 6.45) is 1.92. The summed E-state index contributed by atoms with van der Waals surface area (Å²) in [5.74, 6) is 0. The molecule has 0 fully saturated rings. The molecule has 1 aromatic heterocycles. The van der Waals surface area contributed by atoms with Crippen molar-refractivity contribution >= 4 is 46.3 Å². The van der Waals surface area contributed by atoms with Gasteiger partial charge in [0.1, 0.15) is 8.07 Å². The summed E-state index contributed by atoms with van der Waals surface area (Å²) in [7, 11) is -2.10. The molecule has 0 radical (unpaired) electrons. The minimum Gasteiger partial charge on any atom is -0.311 e. The number of fused-ring (bicyclic) bond motifs is 3. The molecule has 44 heavy (non-hydrogen) atoms. The van der Waals surface area contributed by atoms with Gasteiger partial charge in [-0.1, -0.05) is 134 Å². The Morgan fingerprint density at radius 1 is 0.477 bits per heavy atom. The van der Waals surface area contributed by atoms with Crippen LogP contribution in [0.3, 0.4) is 0 Å². The Balaban J connectivity index is 1.35. The van der Waals surface area contributed by atoms with Crippen molar-refractivity contribution in [1.29, 1.82) is 0 Å². The fraction of sp³-hybridized carbons (Fsp3) is 0.0488. The van der Waals surface area contributed by atoms with Crippen LogP contribution >= 0.6 is 0 Å². The molecule has 0 atom stereocenters. The molecule has 0 unspecified atom stereocenters. The summed E-state index contributed by atoms with van der Waals surface area (Å²) >= 11 is 0. The van der Waals surface area contributed by atoms with Crippen LogP contribution in [0.1, 0.15) is 0 Å². The number of pyridine rings is 1. The Morgan fingerprint density at radius 3 is 1.68 bits per heavy atom. The summed E-state index contributed by atoms with van der Waals surface area (Å²) in [6.45, 7) is 5.00. The minimum atomic E-state index is -2.10. The van der Waals surface area contributed by atoms with Crippen LogP contribution in [-0.4, -0.2) is 13.1 Å². The second kappa shape index (κ2) is 10.5. The largest absolute Gasteiger partial charge is 0.311 e. The molecule has 1 aliphatic rings. The lowest BCUT2D eigenvalue weighted by molar-refractivity contribution is 1.28. The van der Waals surface area contributed by atoms with Crippen molar-refractivity contribution in [2.45, 2.75) is 13.1 Å². The number of hydrogen-bond acceptors (Lipinski definition) is 2. The van der Waals surface area contributed by atoms with Crippen LogP contribution in [0.5, 0.6) is 0 Å². The number of aromatic nitrogens is 1. The second-order valence-electron chi connectivity index (χ2n) is 12.1. The predicted octanol–water partition coefficient (Wildman–Crippen LogP) is 9.84. The maximum absolute atomic E-state index is 4.85. The zero-order valence-corrected chi connectivity index (χ0v) is 25.9. The van der Waals surface area contributed by atoms with Crippen molar-refractivity contribution in [1.82, 2.24) is 4.98 Å². The first-order valence-electron chi connectivity index (χ1n) is 15.2. The number of benzene rings is 6. The van der Waals surface area contributed by atoms with E-state index >= 15 is 0 Å². The molecular weight excluding hydrogens is 549 g/mol. The standard InChI is InChI=1S/C41H32N2Si/c1-44(2)39-27-32(29-12-5-3-6-13-29)20-22-37(39)43(38-23-21-33(28-40(38)44)30-14-7-4-8-15-30)35-18-11-17-34(26-35)41-36-19-10-9-16-31(36)24-25-42-41/h3-28H,1-2H3. The highest BCUT2D eigenvalue weighted by molar-refractivity contribution is 7.02. The van der Waals surface area contributed by atoms with Gasteiger partial charge in [-0.15, -0.1) is 0 Å². The summed E-state index contributed by atoms with van der Waals surface area (Å²) in [5, 5.41) is 5.27. The van der Waals surface area contributed by atoms with Gasteiger partial charge in [0.25, 0.3) is 0 Å². The fourth-order valence-corrected chi connectivity index (χ4v) is 9.77. The van der Waals surface area contributed by atoms with Crippen molar-refractivity contribution in [3.05, 3.63) is 158 Å². The van der Waals surface area contributed by atoms with Crippen LogP contribution in [0.2, 0.25) is 13.1 Å². The first kappa shape index (κ1) is 26.4. The van der Waals surface area contributed by atoms with E-state index in [9.17, 15) is 0 Å². The Morgan fingerprint density at radius 2 is 1.05 bits per heavy atom. The molecule has 0 bridgehead atoms. The average molecular weight is 581 g/mol. The topological polar surface area (TPSA) is 16.1 Å². The Kier molecular flexibility index (Phi) is 6.28. The maximum Gasteiger partial charge on any atom is 0.117 e. The molecule has 1 aliphatic heterocycles. The van der Waals surface area contributed by atoms with E-state index in [1.807, 2.05) is 6.20 Å². The maximum atomic E-state index is 4.85. The number of anilines is 3. The fourth-order valence-electron chi connectivity index (χ4n) is 6.78. The van der Waals surface area contributed by atoms with Crippen LogP contribution in [-0.2, 0) is 0 Å². The van der Waals surface area contributed by atoms with E-state index in [1.54, 1.807) is 0 Å². The van der Waals surface area contributed by atoms with Crippen LogP contribution in [0.25, 0.3) is 44.3 Å². The quantitative estimate of drug-likeness (QED) is 0.193. The zero-order chi connectivity index (χ0) is 29.7. The van der Waals surface area contributed by atoms with E-state index in [1.165, 1.54) is 54.8 Å². The van der Waals surface area contributed by atoms with E-state index in [2.05, 4.69) is 170 Å². The van der Waals surface area contributed by atoms with Gasteiger partial charge < -0.3 is 4.90 Å². The first-order chi connectivity index (χ1) is 21.6. The van der Waals surface area contributed by atoms with Gasteiger partial charge in [-0.2, -0.15) is 0 Å². The highest BCUT2D eigenvalue weighted by atomic mass is 28.3. The van der Waals surface area contributed by atoms with Crippen molar-refractivity contribution < 1.29 is 0 Å². The molecule has 3 heteroatoms. The minimum absolute atomic E-state index is 1.01. The first-order valence-corrected chi connectivity index (χ1v) is 18.2. The van der Waals surface area contributed by atoms with Crippen molar-refractivity contribution in [2.24, 2.45) is 0 Å². The smallest absolute Gasteiger partial charge is 0.117 e. The highest BCUT2D eigenvalue weighted by Gasteiger charge is 2.39. The molecule has 8 rings (SSSR count). The zero-order valence-electron chi connectivity index (χ0n) is 24.9. The molecule has 0 amide bonds. The molecule has 2 heterocycles. The van der Waals surface area contributed by atoms with Gasteiger partial charge in [-0.05, 0) is 68.3 Å². The van der Waals surface area contributed by atoms with E-state index in [-0.39, 0.29) is 0 Å². The lowest BCUT2D eigenvalue weighted by atomic mass is 10.0. The molecule has 0 spiro atoms. The third-order valence-electron chi connectivity index (χ3n) is 9.09. The Bertz CT molecular complexity index is 2050. The third kappa shape index (κ3) is 4.36. The summed E-state index contributed by atoms with van der Waals surface area (Å²) in [6, 6.07) is 55.1. The van der Waals surface area contributed by atoms with Gasteiger partial charge >= 0.3 is 0 Å². The van der Waals surface area contributed by atoms with Crippen molar-refractivity contribution in [2.75, 3.05) is 4.90 Å². The van der Waals surface area contributed by atoms with Crippen molar-refractivity contribution in [3.63, 3.8) is 0 Å². The van der Waals surface area contributed by atoms with Gasteiger partial charge in [-0.3, -0.25) is 4.98 Å². The molecular formula is C41H32N2Si. The van der Waals surface area contributed by atoms with Crippen molar-refractivity contribution in [3.8, 4) is 33.5 Å². The van der Waals surface area contributed by atoms with Crippen LogP contribution in [0, 0.1) is 0 Å². The van der Waals surface area contributed by atoms with Gasteiger partial charge in [0, 0.05) is 34.2 Å². The van der Waals surface area contributed by atoms with E-state index in [4.69, 9.17) is 4.98 Å². The van der Waals surface area contributed by atoms with Gasteiger partial charge in [0.15, 0.2) is 0 Å². The molecule has 0 N–H and O–H groups in total. The normalized spacial score (nSPS) is 13.4. The van der Waals surface area contributed by atoms with Crippen LogP contribution < -0.4 is 15.3 Å². The van der Waals surface area contributed by atoms with Gasteiger partial charge in [0.2, 0.25) is 0 Å². The lowest BCUT2D eigenvalue weighted by Crippen LogP contribution is -2.58. The molecule has 0 saturated heterocycles. The summed E-state index contributed by atoms with van der Waals surface area (Å²) in [4.78, 5) is 7.33. The molecule has 0 saturated carbocycles. The Labute approximate surface area is 259 Å². The molecule has 210 valence electrons. The Hall–Kier alpha value is -5.25. The van der Waals surface area contributed by atoms with E-state index < -0.39 is 8.07 Å². The average Bonchev–Trinajstić information content (AvgIpc) is 3.09. The SMILES string of the molecule is C[Si]1(C)c2cc(-c3ccccc3)ccc2N(c2cccc(-c3nccc4ccccc34)c2)c2ccc(-c3ccccc3)cc21. The summed E-state index contributed by atoms with van der Waals surface area (Å²) in [5.41, 5.74) is 10.8. The van der Waals surface area contributed by atoms with Crippen LogP contribution in [0.4, 0.5) is 17.1 Å². The highest BCUT2D eigenvalue weighted by Crippen LogP contribution is 2.41. The number of hydrogen-bond donors (Lipinski definition) is 0. The van der Waals surface area contributed by atoms with Gasteiger partial charge in [0.05, 0.1) is 5.69 Å². The number of rotatable bonds is 4. The lowest BCUT2D eigenvalue weighted by Gasteiger charge is -2.41. The summed E-state index contributed by atoms with van der Waals surface area (Å²) < 4.78 is 0. The van der Waals surface area contributed by atoms with E-state index in [0.29, 0.717) is 0 Å².